The third-order valence-corrected chi connectivity index (χ3v) is 2.76. The third kappa shape index (κ3) is 3.95. The lowest BCUT2D eigenvalue weighted by atomic mass is 10.2. The average molecular weight is 298 g/mol. The molecule has 3 nitrogen and oxygen atoms in total. The minimum Gasteiger partial charge on any atom is -0.493 e. The van der Waals surface area contributed by atoms with Crippen LogP contribution in [-0.2, 0) is 6.54 Å². The van der Waals surface area contributed by atoms with E-state index in [-0.39, 0.29) is 0 Å². The van der Waals surface area contributed by atoms with Gasteiger partial charge in [-0.05, 0) is 40.5 Å². The molecule has 1 rings (SSSR count). The summed E-state index contributed by atoms with van der Waals surface area (Å²) in [6.07, 6.45) is 0.699. The van der Waals surface area contributed by atoms with Crippen molar-refractivity contribution in [1.82, 2.24) is 0 Å². The van der Waals surface area contributed by atoms with E-state index >= 15 is 0 Å². The van der Waals surface area contributed by atoms with E-state index < -0.39 is 0 Å². The molecule has 0 unspecified atom stereocenters. The summed E-state index contributed by atoms with van der Waals surface area (Å²) in [4.78, 5) is 0. The maximum atomic E-state index is 5.65. The monoisotopic (exact) mass is 297 g/mol. The quantitative estimate of drug-likeness (QED) is 0.671. The van der Waals surface area contributed by atoms with E-state index in [1.54, 1.807) is 7.11 Å². The predicted molar refractivity (Wildman–Crippen MR) is 72.1 cm³/mol. The highest BCUT2D eigenvalue weighted by Gasteiger charge is 2.10. The fourth-order valence-electron chi connectivity index (χ4n) is 1.36. The molecule has 0 spiro atoms. The van der Waals surface area contributed by atoms with Crippen LogP contribution < -0.4 is 15.2 Å². The molecular weight excluding hydrogens is 282 g/mol. The molecule has 0 fully saturated rings. The van der Waals surface area contributed by atoms with Crippen LogP contribution in [0.3, 0.4) is 0 Å². The summed E-state index contributed by atoms with van der Waals surface area (Å²) in [5, 5.41) is 0. The first kappa shape index (κ1) is 13.9. The summed E-state index contributed by atoms with van der Waals surface area (Å²) in [5.41, 5.74) is 6.59. The number of methoxy groups -OCH3 is 1. The van der Waals surface area contributed by atoms with Crippen LogP contribution >= 0.6 is 15.9 Å². The lowest BCUT2D eigenvalue weighted by molar-refractivity contribution is 0.299. The fraction of sp³-hybridized carbons (Fsp3) is 0.385. The van der Waals surface area contributed by atoms with Crippen LogP contribution in [0.15, 0.2) is 16.6 Å². The highest BCUT2D eigenvalue weighted by atomic mass is 79.9. The van der Waals surface area contributed by atoms with Gasteiger partial charge in [-0.2, -0.15) is 0 Å². The van der Waals surface area contributed by atoms with Crippen molar-refractivity contribution in [2.75, 3.05) is 13.7 Å². The van der Waals surface area contributed by atoms with Gasteiger partial charge in [0.05, 0.1) is 18.2 Å². The Morgan fingerprint density at radius 1 is 1.41 bits per heavy atom. The summed E-state index contributed by atoms with van der Waals surface area (Å²) < 4.78 is 11.8. The average Bonchev–Trinajstić information content (AvgIpc) is 2.35. The fourth-order valence-corrected chi connectivity index (χ4v) is 1.96. The van der Waals surface area contributed by atoms with Gasteiger partial charge in [-0.3, -0.25) is 0 Å². The van der Waals surface area contributed by atoms with Crippen LogP contribution in [0, 0.1) is 11.8 Å². The molecule has 0 saturated carbocycles. The second kappa shape index (κ2) is 7.21. The van der Waals surface area contributed by atoms with Crippen LogP contribution in [0.1, 0.15) is 18.9 Å². The third-order valence-electron chi connectivity index (χ3n) is 2.18. The first-order chi connectivity index (χ1) is 8.22. The van der Waals surface area contributed by atoms with Crippen molar-refractivity contribution in [2.24, 2.45) is 5.73 Å². The van der Waals surface area contributed by atoms with Crippen molar-refractivity contribution in [1.29, 1.82) is 0 Å². The van der Waals surface area contributed by atoms with Crippen molar-refractivity contribution in [3.05, 3.63) is 22.2 Å². The molecule has 0 aliphatic heterocycles. The van der Waals surface area contributed by atoms with Gasteiger partial charge in [-0.1, -0.05) is 0 Å². The molecule has 0 atom stereocenters. The zero-order chi connectivity index (χ0) is 12.7. The van der Waals surface area contributed by atoms with E-state index in [0.29, 0.717) is 31.1 Å². The summed E-state index contributed by atoms with van der Waals surface area (Å²) in [6, 6.07) is 3.81. The Morgan fingerprint density at radius 3 is 2.76 bits per heavy atom. The normalized spacial score (nSPS) is 9.41. The molecule has 4 heteroatoms. The van der Waals surface area contributed by atoms with Gasteiger partial charge < -0.3 is 15.2 Å². The minimum atomic E-state index is 0.469. The molecule has 1 aromatic carbocycles. The Kier molecular flexibility index (Phi) is 5.88. The zero-order valence-electron chi connectivity index (χ0n) is 10.0. The first-order valence-electron chi connectivity index (χ1n) is 5.31. The minimum absolute atomic E-state index is 0.469. The number of benzene rings is 1. The molecule has 0 aromatic heterocycles. The molecule has 0 aliphatic carbocycles. The molecule has 0 amide bonds. The number of hydrogen-bond acceptors (Lipinski definition) is 3. The largest absolute Gasteiger partial charge is 0.493 e. The number of rotatable bonds is 5. The van der Waals surface area contributed by atoms with Crippen LogP contribution in [0.2, 0.25) is 0 Å². The van der Waals surface area contributed by atoms with Gasteiger partial charge in [0.1, 0.15) is 0 Å². The maximum Gasteiger partial charge on any atom is 0.175 e. The van der Waals surface area contributed by atoms with Crippen molar-refractivity contribution < 1.29 is 9.47 Å². The smallest absolute Gasteiger partial charge is 0.175 e. The van der Waals surface area contributed by atoms with Crippen molar-refractivity contribution in [2.45, 2.75) is 19.9 Å². The summed E-state index contributed by atoms with van der Waals surface area (Å²) in [6.45, 7) is 2.82. The first-order valence-corrected chi connectivity index (χ1v) is 6.11. The Morgan fingerprint density at radius 2 is 2.18 bits per heavy atom. The van der Waals surface area contributed by atoms with Crippen LogP contribution in [0.25, 0.3) is 0 Å². The number of halogens is 1. The van der Waals surface area contributed by atoms with Crippen LogP contribution in [-0.4, -0.2) is 13.7 Å². The Labute approximate surface area is 110 Å². The number of ether oxygens (including phenoxy) is 2. The van der Waals surface area contributed by atoms with E-state index in [4.69, 9.17) is 15.2 Å². The second-order valence-corrected chi connectivity index (χ2v) is 4.19. The standard InChI is InChI=1S/C13H16BrNO2/c1-3-4-5-6-17-13-11(14)7-10(9-15)8-12(13)16-2/h7-8H,5-6,9,15H2,1-2H3. The van der Waals surface area contributed by atoms with Crippen molar-refractivity contribution >= 4 is 15.9 Å². The van der Waals surface area contributed by atoms with Crippen molar-refractivity contribution in [3.8, 4) is 23.3 Å². The molecule has 1 aromatic rings. The molecule has 2 N–H and O–H groups in total. The Bertz CT molecular complexity index is 435. The number of hydrogen-bond donors (Lipinski definition) is 1. The van der Waals surface area contributed by atoms with E-state index in [9.17, 15) is 0 Å². The van der Waals surface area contributed by atoms with E-state index in [2.05, 4.69) is 27.8 Å². The second-order valence-electron chi connectivity index (χ2n) is 3.34. The maximum absolute atomic E-state index is 5.65. The van der Waals surface area contributed by atoms with Gasteiger partial charge in [-0.25, -0.2) is 0 Å². The van der Waals surface area contributed by atoms with Crippen molar-refractivity contribution in [3.63, 3.8) is 0 Å². The predicted octanol–water partition coefficient (Wildman–Crippen LogP) is 2.71. The lowest BCUT2D eigenvalue weighted by Gasteiger charge is -2.13. The highest BCUT2D eigenvalue weighted by Crippen LogP contribution is 2.36. The van der Waals surface area contributed by atoms with Gasteiger partial charge >= 0.3 is 0 Å². The molecule has 0 radical (unpaired) electrons. The summed E-state index contributed by atoms with van der Waals surface area (Å²) in [5.74, 6) is 7.15. The van der Waals surface area contributed by atoms with Gasteiger partial charge in [0.2, 0.25) is 0 Å². The molecular formula is C13H16BrNO2. The Hall–Kier alpha value is -1.18. The van der Waals surface area contributed by atoms with E-state index in [1.165, 1.54) is 0 Å². The van der Waals surface area contributed by atoms with E-state index in [0.717, 1.165) is 10.0 Å². The van der Waals surface area contributed by atoms with Gasteiger partial charge in [0, 0.05) is 13.0 Å². The molecule has 92 valence electrons. The summed E-state index contributed by atoms with van der Waals surface area (Å²) >= 11 is 3.45. The zero-order valence-corrected chi connectivity index (χ0v) is 11.6. The molecule has 0 heterocycles. The lowest BCUT2D eigenvalue weighted by Crippen LogP contribution is -2.02. The SMILES string of the molecule is CC#CCCOc1c(Br)cc(CN)cc1OC. The summed E-state index contributed by atoms with van der Waals surface area (Å²) in [7, 11) is 1.61. The highest BCUT2D eigenvalue weighted by molar-refractivity contribution is 9.10. The van der Waals surface area contributed by atoms with Crippen LogP contribution in [0.5, 0.6) is 11.5 Å². The van der Waals surface area contributed by atoms with Gasteiger partial charge in [-0.15, -0.1) is 11.8 Å². The molecule has 0 aliphatic rings. The topological polar surface area (TPSA) is 44.5 Å². The number of nitrogens with two attached hydrogens (primary N) is 1. The molecule has 0 saturated heterocycles. The molecule has 17 heavy (non-hydrogen) atoms. The molecule has 0 bridgehead atoms. The Balaban J connectivity index is 2.84. The van der Waals surface area contributed by atoms with Gasteiger partial charge in [0.25, 0.3) is 0 Å². The van der Waals surface area contributed by atoms with Crippen LogP contribution in [0.4, 0.5) is 0 Å². The van der Waals surface area contributed by atoms with E-state index in [1.807, 2.05) is 19.1 Å². The van der Waals surface area contributed by atoms with Gasteiger partial charge in [0.15, 0.2) is 11.5 Å².